The molecule has 1 aromatic heterocycles. The number of rotatable bonds is 3. The molecule has 6 heteroatoms. The van der Waals surface area contributed by atoms with Crippen LogP contribution < -0.4 is 4.90 Å². The third kappa shape index (κ3) is 3.85. The van der Waals surface area contributed by atoms with Crippen molar-refractivity contribution in [2.45, 2.75) is 6.92 Å². The van der Waals surface area contributed by atoms with E-state index in [2.05, 4.69) is 14.9 Å². The lowest BCUT2D eigenvalue weighted by Gasteiger charge is -2.36. The Kier molecular flexibility index (Phi) is 5.26. The van der Waals surface area contributed by atoms with E-state index in [0.717, 1.165) is 29.4 Å². The van der Waals surface area contributed by atoms with E-state index in [1.54, 1.807) is 6.20 Å². The number of halogens is 1. The second-order valence-corrected chi connectivity index (χ2v) is 7.24. The number of hydrogen-bond acceptors (Lipinski definition) is 4. The molecule has 2 aromatic carbocycles. The van der Waals surface area contributed by atoms with Gasteiger partial charge >= 0.3 is 0 Å². The minimum absolute atomic E-state index is 0.0235. The van der Waals surface area contributed by atoms with Crippen LogP contribution in [0.3, 0.4) is 0 Å². The molecule has 0 bridgehead atoms. The summed E-state index contributed by atoms with van der Waals surface area (Å²) in [5, 5.41) is 0.723. The maximum atomic E-state index is 13.2. The van der Waals surface area contributed by atoms with Crippen molar-refractivity contribution in [3.8, 4) is 11.3 Å². The van der Waals surface area contributed by atoms with E-state index in [-0.39, 0.29) is 5.91 Å². The molecule has 1 amide bonds. The van der Waals surface area contributed by atoms with Crippen molar-refractivity contribution in [3.63, 3.8) is 0 Å². The summed E-state index contributed by atoms with van der Waals surface area (Å²) in [6.45, 7) is 4.66. The molecule has 1 aliphatic heterocycles. The van der Waals surface area contributed by atoms with Crippen LogP contribution in [0.1, 0.15) is 16.2 Å². The van der Waals surface area contributed by atoms with Gasteiger partial charge in [-0.25, -0.2) is 9.97 Å². The highest BCUT2D eigenvalue weighted by Crippen LogP contribution is 2.24. The van der Waals surface area contributed by atoms with Crippen molar-refractivity contribution in [2.75, 3.05) is 31.1 Å². The highest BCUT2D eigenvalue weighted by Gasteiger charge is 2.25. The fraction of sp³-hybridized carbons (Fsp3) is 0.227. The first-order valence-electron chi connectivity index (χ1n) is 9.30. The van der Waals surface area contributed by atoms with Gasteiger partial charge in [-0.3, -0.25) is 4.79 Å². The Balaban J connectivity index is 1.53. The third-order valence-corrected chi connectivity index (χ3v) is 5.16. The van der Waals surface area contributed by atoms with Crippen LogP contribution in [0.2, 0.25) is 5.02 Å². The zero-order valence-corrected chi connectivity index (χ0v) is 16.4. The summed E-state index contributed by atoms with van der Waals surface area (Å²) < 4.78 is 0. The second-order valence-electron chi connectivity index (χ2n) is 6.80. The number of amides is 1. The van der Waals surface area contributed by atoms with E-state index >= 15 is 0 Å². The predicted molar refractivity (Wildman–Crippen MR) is 112 cm³/mol. The monoisotopic (exact) mass is 392 g/mol. The van der Waals surface area contributed by atoms with Crippen LogP contribution >= 0.6 is 11.6 Å². The van der Waals surface area contributed by atoms with Gasteiger partial charge in [-0.2, -0.15) is 0 Å². The van der Waals surface area contributed by atoms with Crippen molar-refractivity contribution in [3.05, 3.63) is 77.2 Å². The Morgan fingerprint density at radius 1 is 1.00 bits per heavy atom. The van der Waals surface area contributed by atoms with E-state index in [9.17, 15) is 4.79 Å². The van der Waals surface area contributed by atoms with E-state index in [1.807, 2.05) is 66.4 Å². The number of nitrogens with zero attached hydrogens (tertiary/aromatic N) is 4. The van der Waals surface area contributed by atoms with Gasteiger partial charge in [-0.05, 0) is 25.1 Å². The summed E-state index contributed by atoms with van der Waals surface area (Å²) >= 11 is 6.11. The fourth-order valence-electron chi connectivity index (χ4n) is 3.45. The third-order valence-electron chi connectivity index (χ3n) is 4.93. The van der Waals surface area contributed by atoms with Crippen LogP contribution in [0.5, 0.6) is 0 Å². The first-order chi connectivity index (χ1) is 13.6. The summed E-state index contributed by atoms with van der Waals surface area (Å²) in [7, 11) is 0. The van der Waals surface area contributed by atoms with Crippen molar-refractivity contribution in [1.29, 1.82) is 0 Å². The van der Waals surface area contributed by atoms with Crippen LogP contribution in [0.4, 0.5) is 5.69 Å². The van der Waals surface area contributed by atoms with Crippen molar-refractivity contribution >= 4 is 23.2 Å². The second kappa shape index (κ2) is 7.98. The molecule has 0 spiro atoms. The molecule has 0 aliphatic carbocycles. The molecule has 0 unspecified atom stereocenters. The standard InChI is InChI=1S/C22H21ClN4O/c1-16-24-15-20(21(25-16)17-6-3-2-4-7-17)22(28)27-12-10-26(11-13-27)19-9-5-8-18(23)14-19/h2-9,14-15H,10-13H2,1H3. The van der Waals surface area contributed by atoms with Crippen molar-refractivity contribution < 1.29 is 4.79 Å². The van der Waals surface area contributed by atoms with Crippen LogP contribution in [0.15, 0.2) is 60.8 Å². The average Bonchev–Trinajstić information content (AvgIpc) is 2.74. The van der Waals surface area contributed by atoms with Gasteiger partial charge in [-0.15, -0.1) is 0 Å². The molecular formula is C22H21ClN4O. The maximum Gasteiger partial charge on any atom is 0.257 e. The molecule has 0 atom stereocenters. The van der Waals surface area contributed by atoms with Gasteiger partial charge in [0.15, 0.2) is 0 Å². The Labute approximate surface area is 169 Å². The molecule has 3 aromatic rings. The van der Waals surface area contributed by atoms with Gasteiger partial charge in [0.05, 0.1) is 11.3 Å². The number of piperazine rings is 1. The Hall–Kier alpha value is -2.92. The van der Waals surface area contributed by atoms with E-state index in [4.69, 9.17) is 11.6 Å². The first-order valence-corrected chi connectivity index (χ1v) is 9.68. The summed E-state index contributed by atoms with van der Waals surface area (Å²) in [5.74, 6) is 0.630. The van der Waals surface area contributed by atoms with E-state index in [0.29, 0.717) is 30.2 Å². The fourth-order valence-corrected chi connectivity index (χ4v) is 3.64. The lowest BCUT2D eigenvalue weighted by molar-refractivity contribution is 0.0746. The van der Waals surface area contributed by atoms with Crippen LogP contribution in [0, 0.1) is 6.92 Å². The quantitative estimate of drug-likeness (QED) is 0.674. The van der Waals surface area contributed by atoms with Gasteiger partial charge < -0.3 is 9.80 Å². The zero-order valence-electron chi connectivity index (χ0n) is 15.7. The first kappa shape index (κ1) is 18.4. The molecule has 142 valence electrons. The summed E-state index contributed by atoms with van der Waals surface area (Å²) in [5.41, 5.74) is 3.25. The highest BCUT2D eigenvalue weighted by molar-refractivity contribution is 6.30. The number of carbonyl (C=O) groups excluding carboxylic acids is 1. The number of hydrogen-bond donors (Lipinski definition) is 0. The molecule has 5 nitrogen and oxygen atoms in total. The van der Waals surface area contributed by atoms with Crippen LogP contribution in [0.25, 0.3) is 11.3 Å². The zero-order chi connectivity index (χ0) is 19.5. The smallest absolute Gasteiger partial charge is 0.257 e. The van der Waals surface area contributed by atoms with Gasteiger partial charge in [-0.1, -0.05) is 48.0 Å². The molecule has 4 rings (SSSR count). The average molecular weight is 393 g/mol. The van der Waals surface area contributed by atoms with E-state index in [1.165, 1.54) is 0 Å². The summed E-state index contributed by atoms with van der Waals surface area (Å²) in [6, 6.07) is 17.6. The Bertz CT molecular complexity index is 985. The predicted octanol–water partition coefficient (Wildman–Crippen LogP) is 4.07. The summed E-state index contributed by atoms with van der Waals surface area (Å²) in [6.07, 6.45) is 1.65. The molecule has 2 heterocycles. The van der Waals surface area contributed by atoms with Gasteiger partial charge in [0.25, 0.3) is 5.91 Å². The SMILES string of the molecule is Cc1ncc(C(=O)N2CCN(c3cccc(Cl)c3)CC2)c(-c2ccccc2)n1. The topological polar surface area (TPSA) is 49.3 Å². The number of benzene rings is 2. The molecule has 0 N–H and O–H groups in total. The van der Waals surface area contributed by atoms with Gasteiger partial charge in [0.1, 0.15) is 5.82 Å². The lowest BCUT2D eigenvalue weighted by atomic mass is 10.1. The van der Waals surface area contributed by atoms with Crippen molar-refractivity contribution in [2.24, 2.45) is 0 Å². The normalized spacial score (nSPS) is 14.2. The van der Waals surface area contributed by atoms with Crippen LogP contribution in [-0.2, 0) is 0 Å². The van der Waals surface area contributed by atoms with Gasteiger partial charge in [0, 0.05) is 48.6 Å². The number of carbonyl (C=O) groups is 1. The number of anilines is 1. The minimum Gasteiger partial charge on any atom is -0.368 e. The molecule has 1 aliphatic rings. The molecule has 1 saturated heterocycles. The number of aryl methyl sites for hydroxylation is 1. The van der Waals surface area contributed by atoms with Gasteiger partial charge in [0.2, 0.25) is 0 Å². The van der Waals surface area contributed by atoms with E-state index < -0.39 is 0 Å². The number of aromatic nitrogens is 2. The molecule has 1 fully saturated rings. The molecule has 28 heavy (non-hydrogen) atoms. The maximum absolute atomic E-state index is 13.2. The lowest BCUT2D eigenvalue weighted by Crippen LogP contribution is -2.49. The molecular weight excluding hydrogens is 372 g/mol. The molecule has 0 saturated carbocycles. The van der Waals surface area contributed by atoms with Crippen LogP contribution in [-0.4, -0.2) is 47.0 Å². The molecule has 0 radical (unpaired) electrons. The Morgan fingerprint density at radius 3 is 2.46 bits per heavy atom. The van der Waals surface area contributed by atoms with Crippen molar-refractivity contribution in [1.82, 2.24) is 14.9 Å². The largest absolute Gasteiger partial charge is 0.368 e. The minimum atomic E-state index is -0.0235. The summed E-state index contributed by atoms with van der Waals surface area (Å²) in [4.78, 5) is 26.2. The Morgan fingerprint density at radius 2 is 1.75 bits per heavy atom. The highest BCUT2D eigenvalue weighted by atomic mass is 35.5.